The summed E-state index contributed by atoms with van der Waals surface area (Å²) >= 11 is 0. The molecular formula is C19H16F3N5O3. The van der Waals surface area contributed by atoms with Gasteiger partial charge in [0.2, 0.25) is 0 Å². The van der Waals surface area contributed by atoms with Crippen LogP contribution in [0.2, 0.25) is 0 Å². The molecule has 0 spiro atoms. The molecule has 2 aliphatic rings. The lowest BCUT2D eigenvalue weighted by molar-refractivity contribution is -0.137. The maximum Gasteiger partial charge on any atom is 0.416 e. The van der Waals surface area contributed by atoms with Crippen molar-refractivity contribution >= 4 is 23.5 Å². The van der Waals surface area contributed by atoms with Crippen LogP contribution in [-0.2, 0) is 11.0 Å². The van der Waals surface area contributed by atoms with Crippen LogP contribution in [0.5, 0.6) is 0 Å². The van der Waals surface area contributed by atoms with E-state index < -0.39 is 35.6 Å². The van der Waals surface area contributed by atoms with E-state index in [1.807, 2.05) is 0 Å². The predicted molar refractivity (Wildman–Crippen MR) is 97.3 cm³/mol. The van der Waals surface area contributed by atoms with Crippen molar-refractivity contribution in [1.29, 1.82) is 0 Å². The van der Waals surface area contributed by atoms with E-state index in [1.165, 1.54) is 29.6 Å². The Morgan fingerprint density at radius 1 is 1.20 bits per heavy atom. The predicted octanol–water partition coefficient (Wildman–Crippen LogP) is 2.23. The fourth-order valence-corrected chi connectivity index (χ4v) is 3.67. The molecule has 0 saturated carbocycles. The molecule has 2 atom stereocenters. The summed E-state index contributed by atoms with van der Waals surface area (Å²) in [5, 5.41) is 2.77. The molecule has 3 heterocycles. The smallest absolute Gasteiger partial charge is 0.348 e. The van der Waals surface area contributed by atoms with Gasteiger partial charge in [0.15, 0.2) is 0 Å². The van der Waals surface area contributed by atoms with Gasteiger partial charge in [-0.25, -0.2) is 14.7 Å². The van der Waals surface area contributed by atoms with Gasteiger partial charge in [0.25, 0.3) is 11.8 Å². The van der Waals surface area contributed by atoms with Crippen molar-refractivity contribution in [1.82, 2.24) is 20.2 Å². The summed E-state index contributed by atoms with van der Waals surface area (Å²) in [5.41, 5.74) is -0.951. The lowest BCUT2D eigenvalue weighted by Crippen LogP contribution is -2.49. The minimum atomic E-state index is -4.59. The van der Waals surface area contributed by atoms with Gasteiger partial charge in [-0.3, -0.25) is 14.6 Å². The van der Waals surface area contributed by atoms with E-state index >= 15 is 0 Å². The summed E-state index contributed by atoms with van der Waals surface area (Å²) in [5.74, 6) is -1.06. The molecule has 2 fully saturated rings. The number of anilines is 1. The number of carbonyl (C=O) groups excluding carboxylic acids is 3. The molecular weight excluding hydrogens is 403 g/mol. The third kappa shape index (κ3) is 3.58. The average Bonchev–Trinajstić information content (AvgIpc) is 2.98. The second-order valence-electron chi connectivity index (χ2n) is 7.00. The fourth-order valence-electron chi connectivity index (χ4n) is 3.67. The summed E-state index contributed by atoms with van der Waals surface area (Å²) < 4.78 is 39.0. The number of urea groups is 1. The zero-order chi connectivity index (χ0) is 21.5. The molecule has 8 nitrogen and oxygen atoms in total. The molecule has 0 bridgehead atoms. The SMILES string of the molecule is O=C(N[C@H]1CCN2C(=O)N(c3cccc(C(F)(F)F)c3)C(=O)[C@@H]2C1)c1cnccn1. The molecule has 2 aliphatic heterocycles. The Labute approximate surface area is 168 Å². The molecule has 0 unspecified atom stereocenters. The number of hydrogen-bond acceptors (Lipinski definition) is 5. The highest BCUT2D eigenvalue weighted by Gasteiger charge is 2.49. The van der Waals surface area contributed by atoms with Crippen LogP contribution in [0.15, 0.2) is 42.9 Å². The van der Waals surface area contributed by atoms with Crippen molar-refractivity contribution in [2.75, 3.05) is 11.4 Å². The number of benzene rings is 1. The molecule has 4 rings (SSSR count). The molecule has 30 heavy (non-hydrogen) atoms. The molecule has 0 radical (unpaired) electrons. The lowest BCUT2D eigenvalue weighted by Gasteiger charge is -2.32. The van der Waals surface area contributed by atoms with Gasteiger partial charge in [0.1, 0.15) is 11.7 Å². The van der Waals surface area contributed by atoms with E-state index in [2.05, 4.69) is 15.3 Å². The Kier molecular flexibility index (Phi) is 4.88. The van der Waals surface area contributed by atoms with Crippen molar-refractivity contribution in [2.24, 2.45) is 0 Å². The number of imide groups is 1. The van der Waals surface area contributed by atoms with Crippen LogP contribution < -0.4 is 10.2 Å². The van der Waals surface area contributed by atoms with Gasteiger partial charge >= 0.3 is 12.2 Å². The maximum atomic E-state index is 13.0. The van der Waals surface area contributed by atoms with Crippen molar-refractivity contribution in [2.45, 2.75) is 31.1 Å². The minimum absolute atomic E-state index is 0.124. The first kappa shape index (κ1) is 19.8. The van der Waals surface area contributed by atoms with Crippen molar-refractivity contribution < 1.29 is 27.6 Å². The largest absolute Gasteiger partial charge is 0.416 e. The zero-order valence-electron chi connectivity index (χ0n) is 15.5. The monoisotopic (exact) mass is 419 g/mol. The topological polar surface area (TPSA) is 95.5 Å². The van der Waals surface area contributed by atoms with E-state index in [0.29, 0.717) is 6.42 Å². The molecule has 1 aromatic carbocycles. The Morgan fingerprint density at radius 3 is 2.70 bits per heavy atom. The van der Waals surface area contributed by atoms with E-state index in [1.54, 1.807) is 0 Å². The number of alkyl halides is 3. The van der Waals surface area contributed by atoms with Crippen LogP contribution in [0.3, 0.4) is 0 Å². The minimum Gasteiger partial charge on any atom is -0.348 e. The quantitative estimate of drug-likeness (QED) is 0.770. The Balaban J connectivity index is 1.51. The number of rotatable bonds is 3. The van der Waals surface area contributed by atoms with E-state index in [9.17, 15) is 27.6 Å². The molecule has 2 aromatic rings. The standard InChI is InChI=1S/C19H16F3N5O3/c20-19(21,22)11-2-1-3-13(8-11)27-17(29)15-9-12(4-7-26(15)18(27)30)25-16(28)14-10-23-5-6-24-14/h1-3,5-6,8,10,12,15H,4,7,9H2,(H,25,28)/t12-,15-/m0/s1. The fraction of sp³-hybridized carbons (Fsp3) is 0.316. The molecule has 4 amide bonds. The van der Waals surface area contributed by atoms with E-state index in [0.717, 1.165) is 23.1 Å². The van der Waals surface area contributed by atoms with Gasteiger partial charge in [-0.1, -0.05) is 6.07 Å². The van der Waals surface area contributed by atoms with Crippen LogP contribution in [0.4, 0.5) is 23.7 Å². The molecule has 156 valence electrons. The van der Waals surface area contributed by atoms with Crippen LogP contribution in [0.1, 0.15) is 28.9 Å². The number of carbonyl (C=O) groups is 3. The number of fused-ring (bicyclic) bond motifs is 1. The number of amides is 4. The molecule has 1 aromatic heterocycles. The van der Waals surface area contributed by atoms with Gasteiger partial charge < -0.3 is 10.2 Å². The van der Waals surface area contributed by atoms with Crippen LogP contribution in [-0.4, -0.2) is 51.3 Å². The summed E-state index contributed by atoms with van der Waals surface area (Å²) in [6.45, 7) is 0.191. The summed E-state index contributed by atoms with van der Waals surface area (Å²) in [4.78, 5) is 47.7. The third-order valence-corrected chi connectivity index (χ3v) is 5.11. The highest BCUT2D eigenvalue weighted by molar-refractivity contribution is 6.21. The average molecular weight is 419 g/mol. The van der Waals surface area contributed by atoms with Crippen LogP contribution >= 0.6 is 0 Å². The van der Waals surface area contributed by atoms with E-state index in [4.69, 9.17) is 0 Å². The van der Waals surface area contributed by atoms with E-state index in [-0.39, 0.29) is 30.4 Å². The number of halogens is 3. The van der Waals surface area contributed by atoms with Gasteiger partial charge in [-0.05, 0) is 31.0 Å². The Morgan fingerprint density at radius 2 is 2.00 bits per heavy atom. The normalized spacial score (nSPS) is 21.6. The number of piperidine rings is 1. The van der Waals surface area contributed by atoms with Gasteiger partial charge in [0, 0.05) is 25.0 Å². The van der Waals surface area contributed by atoms with Crippen LogP contribution in [0.25, 0.3) is 0 Å². The zero-order valence-corrected chi connectivity index (χ0v) is 15.5. The number of nitrogens with one attached hydrogen (secondary N) is 1. The maximum absolute atomic E-state index is 13.0. The first-order valence-electron chi connectivity index (χ1n) is 9.14. The van der Waals surface area contributed by atoms with Crippen molar-refractivity contribution in [3.63, 3.8) is 0 Å². The van der Waals surface area contributed by atoms with Gasteiger partial charge in [-0.2, -0.15) is 13.2 Å². The number of nitrogens with zero attached hydrogens (tertiary/aromatic N) is 4. The third-order valence-electron chi connectivity index (χ3n) is 5.11. The Hall–Kier alpha value is -3.50. The highest BCUT2D eigenvalue weighted by Crippen LogP contribution is 2.35. The first-order valence-corrected chi connectivity index (χ1v) is 9.14. The van der Waals surface area contributed by atoms with Gasteiger partial charge in [-0.15, -0.1) is 0 Å². The van der Waals surface area contributed by atoms with Crippen LogP contribution in [0, 0.1) is 0 Å². The second-order valence-corrected chi connectivity index (χ2v) is 7.00. The Bertz CT molecular complexity index is 998. The molecule has 0 aliphatic carbocycles. The molecule has 11 heteroatoms. The highest BCUT2D eigenvalue weighted by atomic mass is 19.4. The second kappa shape index (κ2) is 7.39. The summed E-state index contributed by atoms with van der Waals surface area (Å²) in [6, 6.07) is 2.19. The summed E-state index contributed by atoms with van der Waals surface area (Å²) in [6.07, 6.45) is 0.0860. The van der Waals surface area contributed by atoms with Crippen molar-refractivity contribution in [3.05, 3.63) is 54.1 Å². The van der Waals surface area contributed by atoms with Crippen molar-refractivity contribution in [3.8, 4) is 0 Å². The summed E-state index contributed by atoms with van der Waals surface area (Å²) in [7, 11) is 0. The molecule has 1 N–H and O–H groups in total. The van der Waals surface area contributed by atoms with Gasteiger partial charge in [0.05, 0.1) is 17.4 Å². The lowest BCUT2D eigenvalue weighted by atomic mass is 9.98. The number of hydrogen-bond donors (Lipinski definition) is 1. The number of aromatic nitrogens is 2. The molecule has 2 saturated heterocycles. The first-order chi connectivity index (χ1) is 14.3.